The third-order valence-corrected chi connectivity index (χ3v) is 2.80. The minimum atomic E-state index is -0.397. The Balaban J connectivity index is 1.78. The Labute approximate surface area is 128 Å². The number of amides is 2. The summed E-state index contributed by atoms with van der Waals surface area (Å²) >= 11 is 0. The van der Waals surface area contributed by atoms with Crippen molar-refractivity contribution in [1.29, 1.82) is 0 Å². The first-order valence-electron chi connectivity index (χ1n) is 6.72. The quantitative estimate of drug-likeness (QED) is 0.644. The molecule has 0 spiro atoms. The predicted octanol–water partition coefficient (Wildman–Crippen LogP) is 1.27. The van der Waals surface area contributed by atoms with E-state index in [0.29, 0.717) is 5.56 Å². The molecule has 2 N–H and O–H groups in total. The van der Waals surface area contributed by atoms with Crippen LogP contribution in [0, 0.1) is 6.92 Å². The molecule has 0 bridgehead atoms. The fraction of sp³-hybridized carbons (Fsp3) is 0.125. The zero-order valence-electron chi connectivity index (χ0n) is 12.1. The molecule has 22 heavy (non-hydrogen) atoms. The molecule has 6 heteroatoms. The van der Waals surface area contributed by atoms with Crippen LogP contribution in [0.2, 0.25) is 0 Å². The molecule has 0 aliphatic heterocycles. The number of hydrazone groups is 1. The summed E-state index contributed by atoms with van der Waals surface area (Å²) in [6.07, 6.45) is 4.76. The average molecular weight is 296 g/mol. The molecule has 0 aliphatic carbocycles. The second-order valence-corrected chi connectivity index (χ2v) is 4.63. The number of rotatable bonds is 5. The highest BCUT2D eigenvalue weighted by Gasteiger charge is 2.07. The lowest BCUT2D eigenvalue weighted by atomic mass is 10.1. The number of aryl methyl sites for hydroxylation is 1. The van der Waals surface area contributed by atoms with Gasteiger partial charge in [0.15, 0.2) is 0 Å². The first-order chi connectivity index (χ1) is 10.6. The number of benzene rings is 1. The van der Waals surface area contributed by atoms with E-state index >= 15 is 0 Å². The Kier molecular flexibility index (Phi) is 5.37. The molecule has 0 aliphatic rings. The summed E-state index contributed by atoms with van der Waals surface area (Å²) in [6.45, 7) is 1.76. The average Bonchev–Trinajstić information content (AvgIpc) is 2.53. The Hall–Kier alpha value is -3.02. The number of hydrogen-bond donors (Lipinski definition) is 2. The van der Waals surface area contributed by atoms with Crippen molar-refractivity contribution in [3.05, 3.63) is 65.5 Å². The molecule has 6 nitrogen and oxygen atoms in total. The molecule has 2 aromatic rings. The van der Waals surface area contributed by atoms with Crippen LogP contribution in [0.1, 0.15) is 21.5 Å². The number of carbonyl (C=O) groups is 2. The van der Waals surface area contributed by atoms with Crippen LogP contribution in [0.25, 0.3) is 0 Å². The van der Waals surface area contributed by atoms with Crippen LogP contribution in [0.15, 0.2) is 53.9 Å². The largest absolute Gasteiger partial charge is 0.343 e. The topological polar surface area (TPSA) is 83.5 Å². The van der Waals surface area contributed by atoms with E-state index < -0.39 is 5.91 Å². The predicted molar refractivity (Wildman–Crippen MR) is 83.5 cm³/mol. The van der Waals surface area contributed by atoms with E-state index in [4.69, 9.17) is 0 Å². The monoisotopic (exact) mass is 296 g/mol. The van der Waals surface area contributed by atoms with E-state index in [1.54, 1.807) is 42.7 Å². The number of pyridine rings is 1. The molecule has 0 saturated heterocycles. The van der Waals surface area contributed by atoms with Crippen molar-refractivity contribution in [2.24, 2.45) is 5.10 Å². The lowest BCUT2D eigenvalue weighted by Crippen LogP contribution is -2.34. The highest BCUT2D eigenvalue weighted by Crippen LogP contribution is 2.03. The highest BCUT2D eigenvalue weighted by atomic mass is 16.2. The van der Waals surface area contributed by atoms with Crippen LogP contribution < -0.4 is 10.7 Å². The molecule has 0 atom stereocenters. The van der Waals surface area contributed by atoms with Crippen LogP contribution in [0.4, 0.5) is 0 Å². The van der Waals surface area contributed by atoms with Gasteiger partial charge in [-0.05, 0) is 36.8 Å². The SMILES string of the molecule is Cc1cccc(C(=O)NCC(=O)NN=Cc2ccncc2)c1. The second-order valence-electron chi connectivity index (χ2n) is 4.63. The van der Waals surface area contributed by atoms with Gasteiger partial charge < -0.3 is 5.32 Å². The van der Waals surface area contributed by atoms with Crippen LogP contribution in [0.3, 0.4) is 0 Å². The molecular formula is C16H16N4O2. The summed E-state index contributed by atoms with van der Waals surface area (Å²) in [5, 5.41) is 6.34. The third kappa shape index (κ3) is 4.82. The van der Waals surface area contributed by atoms with Gasteiger partial charge in [-0.3, -0.25) is 14.6 Å². The zero-order valence-corrected chi connectivity index (χ0v) is 12.1. The van der Waals surface area contributed by atoms with Gasteiger partial charge in [0.05, 0.1) is 12.8 Å². The minimum absolute atomic E-state index is 0.138. The smallest absolute Gasteiger partial charge is 0.259 e. The maximum absolute atomic E-state index is 11.9. The van der Waals surface area contributed by atoms with Gasteiger partial charge in [0.1, 0.15) is 0 Å². The highest BCUT2D eigenvalue weighted by molar-refractivity contribution is 5.96. The van der Waals surface area contributed by atoms with E-state index in [1.165, 1.54) is 6.21 Å². The van der Waals surface area contributed by atoms with Crippen molar-refractivity contribution in [3.8, 4) is 0 Å². The number of aromatic nitrogens is 1. The van der Waals surface area contributed by atoms with E-state index in [1.807, 2.05) is 13.0 Å². The standard InChI is InChI=1S/C16H16N4O2/c1-12-3-2-4-14(9-12)16(22)18-11-15(21)20-19-10-13-5-7-17-8-6-13/h2-10H,11H2,1H3,(H,18,22)(H,20,21). The van der Waals surface area contributed by atoms with Crippen molar-refractivity contribution < 1.29 is 9.59 Å². The lowest BCUT2D eigenvalue weighted by molar-refractivity contribution is -0.120. The number of carbonyl (C=O) groups excluding carboxylic acids is 2. The van der Waals surface area contributed by atoms with Crippen molar-refractivity contribution in [1.82, 2.24) is 15.7 Å². The third-order valence-electron chi connectivity index (χ3n) is 2.80. The van der Waals surface area contributed by atoms with Gasteiger partial charge in [-0.25, -0.2) is 5.43 Å². The number of nitrogens with one attached hydrogen (secondary N) is 2. The molecule has 1 aromatic carbocycles. The normalized spacial score (nSPS) is 10.4. The van der Waals surface area contributed by atoms with Gasteiger partial charge in [0.2, 0.25) is 0 Å². The van der Waals surface area contributed by atoms with Crippen LogP contribution in [-0.4, -0.2) is 29.6 Å². The second kappa shape index (κ2) is 7.68. The summed E-state index contributed by atoms with van der Waals surface area (Å²) in [5.74, 6) is -0.691. The summed E-state index contributed by atoms with van der Waals surface area (Å²) in [4.78, 5) is 27.3. The van der Waals surface area contributed by atoms with E-state index in [0.717, 1.165) is 11.1 Å². The van der Waals surface area contributed by atoms with Crippen molar-refractivity contribution in [3.63, 3.8) is 0 Å². The van der Waals surface area contributed by atoms with Gasteiger partial charge in [0.25, 0.3) is 11.8 Å². The summed E-state index contributed by atoms with van der Waals surface area (Å²) in [6, 6.07) is 10.7. The van der Waals surface area contributed by atoms with Gasteiger partial charge >= 0.3 is 0 Å². The fourth-order valence-electron chi connectivity index (χ4n) is 1.72. The molecule has 0 saturated carbocycles. The lowest BCUT2D eigenvalue weighted by Gasteiger charge is -2.04. The van der Waals surface area contributed by atoms with Crippen LogP contribution >= 0.6 is 0 Å². The molecule has 2 amide bonds. The summed E-state index contributed by atoms with van der Waals surface area (Å²) in [7, 11) is 0. The molecule has 1 heterocycles. The van der Waals surface area contributed by atoms with Gasteiger partial charge in [-0.2, -0.15) is 5.10 Å². The summed E-state index contributed by atoms with van der Waals surface area (Å²) in [5.41, 5.74) is 4.67. The Morgan fingerprint density at radius 3 is 2.73 bits per heavy atom. The maximum Gasteiger partial charge on any atom is 0.259 e. The molecule has 0 radical (unpaired) electrons. The summed E-state index contributed by atoms with van der Waals surface area (Å²) < 4.78 is 0. The molecule has 1 aromatic heterocycles. The first-order valence-corrected chi connectivity index (χ1v) is 6.72. The van der Waals surface area contributed by atoms with Crippen molar-refractivity contribution in [2.75, 3.05) is 6.54 Å². The van der Waals surface area contributed by atoms with E-state index in [2.05, 4.69) is 20.8 Å². The van der Waals surface area contributed by atoms with Gasteiger partial charge in [-0.15, -0.1) is 0 Å². The molecule has 112 valence electrons. The van der Waals surface area contributed by atoms with E-state index in [9.17, 15) is 9.59 Å². The minimum Gasteiger partial charge on any atom is -0.343 e. The zero-order chi connectivity index (χ0) is 15.8. The van der Waals surface area contributed by atoms with E-state index in [-0.39, 0.29) is 12.5 Å². The molecule has 0 unspecified atom stereocenters. The molecule has 0 fully saturated rings. The maximum atomic E-state index is 11.9. The van der Waals surface area contributed by atoms with Crippen LogP contribution in [0.5, 0.6) is 0 Å². The van der Waals surface area contributed by atoms with Gasteiger partial charge in [0, 0.05) is 18.0 Å². The van der Waals surface area contributed by atoms with Gasteiger partial charge in [-0.1, -0.05) is 17.7 Å². The van der Waals surface area contributed by atoms with Crippen molar-refractivity contribution in [2.45, 2.75) is 6.92 Å². The number of hydrogen-bond acceptors (Lipinski definition) is 4. The first kappa shape index (κ1) is 15.4. The Morgan fingerprint density at radius 1 is 1.23 bits per heavy atom. The molecule has 2 rings (SSSR count). The van der Waals surface area contributed by atoms with Crippen LogP contribution in [-0.2, 0) is 4.79 Å². The Bertz CT molecular complexity index is 684. The fourth-order valence-corrected chi connectivity index (χ4v) is 1.72. The Morgan fingerprint density at radius 2 is 2.00 bits per heavy atom. The molecular weight excluding hydrogens is 280 g/mol. The number of nitrogens with zero attached hydrogens (tertiary/aromatic N) is 2. The van der Waals surface area contributed by atoms with Crippen molar-refractivity contribution >= 4 is 18.0 Å².